The minimum Gasteiger partial charge on any atom is -0.377 e. The van der Waals surface area contributed by atoms with Gasteiger partial charge in [0.2, 0.25) is 6.15 Å². The summed E-state index contributed by atoms with van der Waals surface area (Å²) in [6.45, 7) is 20.0. The molecule has 0 spiro atoms. The number of nitrogens with one attached hydrogen (secondary N) is 1. The maximum atomic E-state index is 8.59. The Labute approximate surface area is 319 Å². The molecule has 1 aliphatic heterocycles. The van der Waals surface area contributed by atoms with Crippen molar-refractivity contribution in [3.8, 4) is 5.97 Å². The average Bonchev–Trinajstić information content (AvgIpc) is 3.00. The fourth-order valence-electron chi connectivity index (χ4n) is 6.51. The summed E-state index contributed by atoms with van der Waals surface area (Å²) in [6.07, 6.45) is -1.61. The van der Waals surface area contributed by atoms with Crippen LogP contribution in [0.5, 0.6) is 0 Å². The van der Waals surface area contributed by atoms with Gasteiger partial charge in [-0.1, -0.05) is 88.0 Å². The molecule has 0 radical (unpaired) electrons. The van der Waals surface area contributed by atoms with Gasteiger partial charge in [-0.25, -0.2) is 0 Å². The molecule has 7 nitrogen and oxygen atoms in total. The Balaban J connectivity index is 0.000000340. The molecule has 0 atom stereocenters. The normalized spacial score (nSPS) is 16.0. The van der Waals surface area contributed by atoms with E-state index >= 15 is 0 Å². The molecule has 3 aromatic carbocycles. The van der Waals surface area contributed by atoms with Crippen molar-refractivity contribution < 1.29 is 85.1 Å². The molecule has 0 saturated carbocycles. The first-order valence-corrected chi connectivity index (χ1v) is 16.1. The molecule has 0 bridgehead atoms. The molecule has 1 saturated heterocycles. The van der Waals surface area contributed by atoms with E-state index in [4.69, 9.17) is 33.7 Å². The zero-order valence-electron chi connectivity index (χ0n) is 29.2. The first-order chi connectivity index (χ1) is 21.8. The van der Waals surface area contributed by atoms with Crippen LogP contribution < -0.4 is 73.0 Å². The maximum absolute atomic E-state index is 8.59. The zero-order valence-corrected chi connectivity index (χ0v) is 32.3. The molecule has 0 aliphatic carbocycles. The van der Waals surface area contributed by atoms with E-state index in [1.165, 1.54) is 44.3 Å². The minimum absolute atomic E-state index is 0. The van der Waals surface area contributed by atoms with Crippen molar-refractivity contribution in [1.29, 1.82) is 0 Å². The van der Waals surface area contributed by atoms with Gasteiger partial charge in [-0.3, -0.25) is 0 Å². The van der Waals surface area contributed by atoms with Crippen molar-refractivity contribution in [2.45, 2.75) is 41.5 Å². The van der Waals surface area contributed by atoms with Gasteiger partial charge in [0.1, 0.15) is 0 Å². The van der Waals surface area contributed by atoms with Gasteiger partial charge in [-0.2, -0.15) is 16.4 Å². The van der Waals surface area contributed by atoms with Crippen LogP contribution in [0.25, 0.3) is 0 Å². The van der Waals surface area contributed by atoms with E-state index in [9.17, 15) is 0 Å². The number of hydrogen-bond donors (Lipinski definition) is 1. The van der Waals surface area contributed by atoms with Gasteiger partial charge < -0.3 is 28.4 Å². The van der Waals surface area contributed by atoms with Gasteiger partial charge in [0.25, 0.3) is 0 Å². The van der Waals surface area contributed by atoms with Crippen LogP contribution in [-0.2, 0) is 28.4 Å². The topological polar surface area (TPSA) is 79.2 Å². The molecule has 9 heteroatoms. The van der Waals surface area contributed by atoms with Crippen molar-refractivity contribution in [1.82, 2.24) is 0 Å². The van der Waals surface area contributed by atoms with Crippen LogP contribution in [0.3, 0.4) is 0 Å². The third kappa shape index (κ3) is 12.2. The Morgan fingerprint density at radius 3 is 0.978 bits per heavy atom. The number of ether oxygens (including phenoxy) is 6. The standard InChI is InChI=1S/C25H27BN.C12H24O6.K/c1-17-12-19(3)24(20(4)13-17)26(16-27,23-10-8-7-9-11-23)25-21(5)14-18(2)15-22(25)6;1-2-14-5-6-16-9-10-18-12-11-17-8-7-15-4-3-13-1;/h7-15H,1-6H3;1-12H2;/q-1;;+1/p+1. The average molecular weight is 657 g/mol. The van der Waals surface area contributed by atoms with E-state index in [0.29, 0.717) is 79.3 Å². The third-order valence-corrected chi connectivity index (χ3v) is 8.09. The number of hydrogen-bond acceptors (Lipinski definition) is 6. The molecule has 244 valence electrons. The number of rotatable bonds is 3. The molecular weight excluding hydrogens is 604 g/mol. The van der Waals surface area contributed by atoms with Crippen molar-refractivity contribution in [2.75, 3.05) is 79.3 Å². The Morgan fingerprint density at radius 1 is 0.478 bits per heavy atom. The molecule has 0 aromatic heterocycles. The predicted molar refractivity (Wildman–Crippen MR) is 182 cm³/mol. The van der Waals surface area contributed by atoms with Crippen LogP contribution in [0.1, 0.15) is 33.4 Å². The molecule has 0 unspecified atom stereocenters. The Kier molecular flexibility index (Phi) is 19.8. The van der Waals surface area contributed by atoms with E-state index in [1.54, 1.807) is 0 Å². The monoisotopic (exact) mass is 656 g/mol. The molecule has 3 aromatic rings. The van der Waals surface area contributed by atoms with Crippen LogP contribution in [0.2, 0.25) is 0 Å². The van der Waals surface area contributed by atoms with Crippen LogP contribution in [0.15, 0.2) is 54.6 Å². The Hall–Kier alpha value is -1.39. The van der Waals surface area contributed by atoms with Crippen molar-refractivity contribution >= 4 is 22.5 Å². The van der Waals surface area contributed by atoms with Crippen LogP contribution in [-0.4, -0.2) is 85.4 Å². The van der Waals surface area contributed by atoms with Gasteiger partial charge in [0.05, 0.1) is 85.3 Å². The molecule has 1 fully saturated rings. The van der Waals surface area contributed by atoms with E-state index in [-0.39, 0.29) is 51.4 Å². The van der Waals surface area contributed by atoms with E-state index in [0.717, 1.165) is 5.46 Å². The summed E-state index contributed by atoms with van der Waals surface area (Å²) in [6, 6.07) is 19.4. The van der Waals surface area contributed by atoms with Crippen LogP contribution in [0.4, 0.5) is 0 Å². The summed E-state index contributed by atoms with van der Waals surface area (Å²) in [4.78, 5) is 0. The second kappa shape index (κ2) is 22.3. The van der Waals surface area contributed by atoms with Gasteiger partial charge in [-0.15, -0.1) is 5.26 Å². The summed E-state index contributed by atoms with van der Waals surface area (Å²) < 4.78 is 32.0. The zero-order chi connectivity index (χ0) is 32.5. The van der Waals surface area contributed by atoms with Gasteiger partial charge >= 0.3 is 51.4 Å². The van der Waals surface area contributed by atoms with Crippen molar-refractivity contribution in [3.05, 3.63) is 88.0 Å². The van der Waals surface area contributed by atoms with Crippen LogP contribution >= 0.6 is 0 Å². The summed E-state index contributed by atoms with van der Waals surface area (Å²) in [5, 5.41) is 8.59. The maximum Gasteiger partial charge on any atom is 1.00 e. The second-order valence-corrected chi connectivity index (χ2v) is 11.7. The molecule has 1 N–H and O–H groups in total. The predicted octanol–water partition coefficient (Wildman–Crippen LogP) is -0.577. The van der Waals surface area contributed by atoms with Crippen LogP contribution in [0, 0.1) is 47.5 Å². The minimum atomic E-state index is -1.61. The van der Waals surface area contributed by atoms with Crippen molar-refractivity contribution in [3.63, 3.8) is 0 Å². The summed E-state index contributed by atoms with van der Waals surface area (Å²) in [5.74, 6) is 3.08. The second-order valence-electron chi connectivity index (χ2n) is 11.7. The van der Waals surface area contributed by atoms with E-state index in [2.05, 4.69) is 96.0 Å². The quantitative estimate of drug-likeness (QED) is 0.381. The largest absolute Gasteiger partial charge is 1.00 e. The first-order valence-electron chi connectivity index (χ1n) is 16.1. The van der Waals surface area contributed by atoms with Crippen molar-refractivity contribution in [2.24, 2.45) is 0 Å². The third-order valence-electron chi connectivity index (χ3n) is 8.09. The van der Waals surface area contributed by atoms with E-state index < -0.39 is 6.15 Å². The smallest absolute Gasteiger partial charge is 0.377 e. The summed E-state index contributed by atoms with van der Waals surface area (Å²) in [7, 11) is 0. The SMILES string of the molecule is C1COCCOCCOCCOCCOCCO1.Cc1cc(C)c([B-](C#[NH+])(c2ccccc2)c2c(C)cc(C)cc2C)c(C)c1.[K+]. The van der Waals surface area contributed by atoms with Gasteiger partial charge in [-0.05, 0) is 41.5 Å². The molecule has 1 aliphatic rings. The van der Waals surface area contributed by atoms with Gasteiger partial charge in [0, 0.05) is 0 Å². The number of benzene rings is 3. The summed E-state index contributed by atoms with van der Waals surface area (Å²) >= 11 is 0. The Bertz CT molecular complexity index is 1190. The molecule has 4 rings (SSSR count). The fourth-order valence-corrected chi connectivity index (χ4v) is 6.51. The van der Waals surface area contributed by atoms with Gasteiger partial charge in [0.15, 0.2) is 0 Å². The molecule has 0 amide bonds. The number of aryl methyl sites for hydroxylation is 6. The molecular formula is C37H52BKNO6+. The first kappa shape index (κ1) is 40.8. The summed E-state index contributed by atoms with van der Waals surface area (Å²) in [5.41, 5.74) is 11.1. The molecule has 1 heterocycles. The molecule has 46 heavy (non-hydrogen) atoms. The Morgan fingerprint density at radius 2 is 0.739 bits per heavy atom. The van der Waals surface area contributed by atoms with E-state index in [1.807, 2.05) is 6.07 Å². The fraction of sp³-hybridized carbons (Fsp3) is 0.486.